The first-order valence-electron chi connectivity index (χ1n) is 14.2. The van der Waals surface area contributed by atoms with Gasteiger partial charge in [-0.15, -0.1) is 0 Å². The molecule has 0 aliphatic rings. The highest BCUT2D eigenvalue weighted by atomic mass is 16.5. The Morgan fingerprint density at radius 2 is 1.59 bits per heavy atom. The number of hydrogen-bond acceptors (Lipinski definition) is 7. The van der Waals surface area contributed by atoms with E-state index in [9.17, 15) is 4.79 Å². The number of ketones is 1. The van der Waals surface area contributed by atoms with Crippen LogP contribution in [0.15, 0.2) is 30.3 Å². The zero-order valence-electron chi connectivity index (χ0n) is 25.6. The third kappa shape index (κ3) is 10.5. The lowest BCUT2D eigenvalue weighted by Crippen LogP contribution is -2.27. The molecule has 0 bridgehead atoms. The molecule has 0 spiro atoms. The van der Waals surface area contributed by atoms with Crippen molar-refractivity contribution in [2.75, 3.05) is 68.1 Å². The second-order valence-electron chi connectivity index (χ2n) is 10.6. The predicted molar refractivity (Wildman–Crippen MR) is 161 cm³/mol. The maximum Gasteiger partial charge on any atom is 0.180 e. The monoisotopic (exact) mass is 541 g/mol. The molecule has 0 aliphatic heterocycles. The topological polar surface area (TPSA) is 63.3 Å². The zero-order valence-corrected chi connectivity index (χ0v) is 25.6. The van der Waals surface area contributed by atoms with E-state index < -0.39 is 0 Å². The number of ether oxygens (including phenoxy) is 3. The van der Waals surface area contributed by atoms with Gasteiger partial charge in [-0.05, 0) is 135 Å². The Balaban J connectivity index is 1.74. The Bertz CT molecular complexity index is 1020. The number of benzene rings is 2. The number of nitrogens with one attached hydrogen (secondary N) is 1. The fourth-order valence-corrected chi connectivity index (χ4v) is 4.69. The minimum atomic E-state index is -0.000844. The number of Topliss-reactive ketones (excluding diaryl/α,β-unsaturated/α-hetero) is 1. The molecule has 0 amide bonds. The van der Waals surface area contributed by atoms with E-state index in [0.717, 1.165) is 51.3 Å². The number of carbonyl (C=O) groups is 1. The molecular formula is C32H51N3O4. The normalized spacial score (nSPS) is 12.2. The van der Waals surface area contributed by atoms with E-state index in [0.29, 0.717) is 23.1 Å². The van der Waals surface area contributed by atoms with Gasteiger partial charge in [0, 0.05) is 6.04 Å². The second-order valence-corrected chi connectivity index (χ2v) is 10.6. The van der Waals surface area contributed by atoms with Crippen LogP contribution in [-0.2, 0) is 0 Å². The molecule has 39 heavy (non-hydrogen) atoms. The van der Waals surface area contributed by atoms with E-state index in [2.05, 4.69) is 69.2 Å². The van der Waals surface area contributed by atoms with Crippen molar-refractivity contribution in [1.29, 1.82) is 0 Å². The molecule has 0 saturated heterocycles. The summed E-state index contributed by atoms with van der Waals surface area (Å²) in [5.41, 5.74) is 4.44. The Morgan fingerprint density at radius 3 is 2.28 bits per heavy atom. The standard InChI is InChI=1S/C32H51N3O4/c1-24-25(2)31(39-21-13-9-11-19-34(4)5)17-15-28(24)26(3)35(6)20-12-10-18-33-23-30(36)29-22-27(37-7)14-16-32(29)38-8/h14-17,22,26,33H,9-13,18-21,23H2,1-8H3. The number of hydrogen-bond donors (Lipinski definition) is 1. The quantitative estimate of drug-likeness (QED) is 0.181. The highest BCUT2D eigenvalue weighted by molar-refractivity contribution is 6.00. The average Bonchev–Trinajstić information content (AvgIpc) is 2.93. The molecule has 2 aromatic carbocycles. The van der Waals surface area contributed by atoms with Gasteiger partial charge in [0.05, 0.1) is 32.9 Å². The van der Waals surface area contributed by atoms with Gasteiger partial charge < -0.3 is 24.4 Å². The lowest BCUT2D eigenvalue weighted by molar-refractivity contribution is 0.0987. The Labute approximate surface area is 236 Å². The van der Waals surface area contributed by atoms with E-state index in [1.165, 1.54) is 29.5 Å². The predicted octanol–water partition coefficient (Wildman–Crippen LogP) is 5.68. The van der Waals surface area contributed by atoms with Gasteiger partial charge in [-0.25, -0.2) is 0 Å². The lowest BCUT2D eigenvalue weighted by atomic mass is 9.96. The third-order valence-corrected chi connectivity index (χ3v) is 7.50. The van der Waals surface area contributed by atoms with Gasteiger partial charge in [-0.2, -0.15) is 0 Å². The summed E-state index contributed by atoms with van der Waals surface area (Å²) in [5, 5.41) is 3.28. The average molecular weight is 542 g/mol. The molecule has 0 aliphatic carbocycles. The number of methoxy groups -OCH3 is 2. The summed E-state index contributed by atoms with van der Waals surface area (Å²) >= 11 is 0. The fourth-order valence-electron chi connectivity index (χ4n) is 4.69. The van der Waals surface area contributed by atoms with Crippen molar-refractivity contribution in [3.63, 3.8) is 0 Å². The largest absolute Gasteiger partial charge is 0.497 e. The van der Waals surface area contributed by atoms with Crippen LogP contribution in [0, 0.1) is 13.8 Å². The summed E-state index contributed by atoms with van der Waals surface area (Å²) in [6.45, 7) is 10.6. The first-order valence-corrected chi connectivity index (χ1v) is 14.2. The van der Waals surface area contributed by atoms with Crippen molar-refractivity contribution in [2.45, 2.75) is 58.9 Å². The molecule has 2 aromatic rings. The Kier molecular flexibility index (Phi) is 14.3. The van der Waals surface area contributed by atoms with Crippen LogP contribution in [0.25, 0.3) is 0 Å². The van der Waals surface area contributed by atoms with Crippen LogP contribution in [0.2, 0.25) is 0 Å². The van der Waals surface area contributed by atoms with Crippen molar-refractivity contribution in [1.82, 2.24) is 15.1 Å². The zero-order chi connectivity index (χ0) is 28.8. The van der Waals surface area contributed by atoms with Crippen LogP contribution >= 0.6 is 0 Å². The van der Waals surface area contributed by atoms with E-state index in [4.69, 9.17) is 14.2 Å². The van der Waals surface area contributed by atoms with Crippen LogP contribution in [-0.4, -0.2) is 83.7 Å². The van der Waals surface area contributed by atoms with Crippen molar-refractivity contribution in [2.24, 2.45) is 0 Å². The molecule has 1 N–H and O–H groups in total. The van der Waals surface area contributed by atoms with Crippen LogP contribution in [0.1, 0.15) is 72.1 Å². The summed E-state index contributed by atoms with van der Waals surface area (Å²) in [6, 6.07) is 9.97. The Hall–Kier alpha value is -2.61. The summed E-state index contributed by atoms with van der Waals surface area (Å²) in [6.07, 6.45) is 5.55. The third-order valence-electron chi connectivity index (χ3n) is 7.50. The molecular weight excluding hydrogens is 490 g/mol. The molecule has 0 saturated carbocycles. The number of rotatable bonds is 19. The van der Waals surface area contributed by atoms with Gasteiger partial charge in [0.25, 0.3) is 0 Å². The second kappa shape index (κ2) is 17.2. The van der Waals surface area contributed by atoms with Crippen LogP contribution in [0.5, 0.6) is 17.2 Å². The highest BCUT2D eigenvalue weighted by Gasteiger charge is 2.17. The smallest absolute Gasteiger partial charge is 0.180 e. The maximum absolute atomic E-state index is 12.7. The minimum Gasteiger partial charge on any atom is -0.497 e. The van der Waals surface area contributed by atoms with Crippen molar-refractivity contribution < 1.29 is 19.0 Å². The fraction of sp³-hybridized carbons (Fsp3) is 0.594. The number of unbranched alkanes of at least 4 members (excludes halogenated alkanes) is 3. The number of nitrogens with zero attached hydrogens (tertiary/aromatic N) is 2. The molecule has 0 heterocycles. The molecule has 0 fully saturated rings. The van der Waals surface area contributed by atoms with Gasteiger partial charge >= 0.3 is 0 Å². The van der Waals surface area contributed by atoms with E-state index >= 15 is 0 Å². The van der Waals surface area contributed by atoms with Gasteiger partial charge in [0.2, 0.25) is 0 Å². The summed E-state index contributed by atoms with van der Waals surface area (Å²) in [4.78, 5) is 17.3. The Morgan fingerprint density at radius 1 is 0.872 bits per heavy atom. The van der Waals surface area contributed by atoms with Crippen LogP contribution in [0.3, 0.4) is 0 Å². The van der Waals surface area contributed by atoms with E-state index in [1.807, 2.05) is 0 Å². The minimum absolute atomic E-state index is 0.000844. The summed E-state index contributed by atoms with van der Waals surface area (Å²) in [5.74, 6) is 2.22. The maximum atomic E-state index is 12.7. The summed E-state index contributed by atoms with van der Waals surface area (Å²) < 4.78 is 16.7. The molecule has 0 aromatic heterocycles. The molecule has 7 heteroatoms. The van der Waals surface area contributed by atoms with E-state index in [1.54, 1.807) is 32.4 Å². The molecule has 2 rings (SSSR count). The molecule has 7 nitrogen and oxygen atoms in total. The molecule has 218 valence electrons. The van der Waals surface area contributed by atoms with Gasteiger partial charge in [-0.1, -0.05) is 6.07 Å². The van der Waals surface area contributed by atoms with Crippen molar-refractivity contribution in [3.8, 4) is 17.2 Å². The summed E-state index contributed by atoms with van der Waals surface area (Å²) in [7, 11) is 9.59. The lowest BCUT2D eigenvalue weighted by Gasteiger charge is -2.27. The first kappa shape index (κ1) is 32.6. The van der Waals surface area contributed by atoms with Crippen molar-refractivity contribution >= 4 is 5.78 Å². The van der Waals surface area contributed by atoms with Crippen molar-refractivity contribution in [3.05, 3.63) is 52.6 Å². The van der Waals surface area contributed by atoms with Gasteiger partial charge in [0.15, 0.2) is 5.78 Å². The SMILES string of the molecule is COc1ccc(OC)c(C(=O)CNCCCCN(C)C(C)c2ccc(OCCCCCN(C)C)c(C)c2C)c1. The first-order chi connectivity index (χ1) is 18.7. The van der Waals surface area contributed by atoms with E-state index in [-0.39, 0.29) is 12.3 Å². The van der Waals surface area contributed by atoms with Crippen LogP contribution < -0.4 is 19.5 Å². The molecule has 0 radical (unpaired) electrons. The molecule has 1 unspecified atom stereocenters. The number of carbonyl (C=O) groups excluding carboxylic acids is 1. The van der Waals surface area contributed by atoms with Gasteiger partial charge in [-0.3, -0.25) is 9.69 Å². The van der Waals surface area contributed by atoms with Crippen LogP contribution in [0.4, 0.5) is 0 Å². The highest BCUT2D eigenvalue weighted by Crippen LogP contribution is 2.30. The van der Waals surface area contributed by atoms with Gasteiger partial charge in [0.1, 0.15) is 17.2 Å². The molecule has 1 atom stereocenters.